The van der Waals surface area contributed by atoms with Crippen molar-refractivity contribution in [2.75, 3.05) is 7.11 Å². The topological polar surface area (TPSA) is 82.8 Å². The molecule has 32 heavy (non-hydrogen) atoms. The van der Waals surface area contributed by atoms with Crippen molar-refractivity contribution < 1.29 is 14.3 Å². The van der Waals surface area contributed by atoms with Crippen LogP contribution in [0.4, 0.5) is 0 Å². The standard InChI is InChI=1S/C24H24BrN3O4/c1-5-7-17-11-16(12-21(31-4)23(17)32-15(3)29)14-26-28-22(8-6-2)27-20-10-9-18(25)13-19(20)24(28)30/h5,9-14H,1,6-8H2,2-4H3. The fraction of sp³-hybridized carbons (Fsp3) is 0.250. The first-order valence-corrected chi connectivity index (χ1v) is 10.9. The van der Waals surface area contributed by atoms with Gasteiger partial charge in [-0.15, -0.1) is 6.58 Å². The number of hydrogen-bond acceptors (Lipinski definition) is 6. The molecule has 0 saturated heterocycles. The van der Waals surface area contributed by atoms with E-state index in [2.05, 4.69) is 32.6 Å². The zero-order chi connectivity index (χ0) is 23.3. The molecule has 0 saturated carbocycles. The molecule has 0 spiro atoms. The molecule has 166 valence electrons. The van der Waals surface area contributed by atoms with Gasteiger partial charge in [0.05, 0.1) is 24.2 Å². The number of carbonyl (C=O) groups excluding carboxylic acids is 1. The Bertz CT molecular complexity index is 1260. The van der Waals surface area contributed by atoms with Crippen molar-refractivity contribution in [1.82, 2.24) is 9.66 Å². The quantitative estimate of drug-likeness (QED) is 0.195. The molecule has 2 aromatic carbocycles. The van der Waals surface area contributed by atoms with Crippen LogP contribution in [0.1, 0.15) is 37.2 Å². The summed E-state index contributed by atoms with van der Waals surface area (Å²) in [5.74, 6) is 0.874. The summed E-state index contributed by atoms with van der Waals surface area (Å²) < 4.78 is 12.9. The molecular formula is C24H24BrN3O4. The highest BCUT2D eigenvalue weighted by Gasteiger charge is 2.15. The number of fused-ring (bicyclic) bond motifs is 1. The van der Waals surface area contributed by atoms with Crippen molar-refractivity contribution in [3.05, 3.63) is 74.8 Å². The molecule has 1 heterocycles. The highest BCUT2D eigenvalue weighted by Crippen LogP contribution is 2.33. The zero-order valence-electron chi connectivity index (χ0n) is 18.2. The summed E-state index contributed by atoms with van der Waals surface area (Å²) >= 11 is 3.41. The SMILES string of the molecule is C=CCc1cc(C=Nn2c(CCC)nc3ccc(Br)cc3c2=O)cc(OC)c1OC(C)=O. The fourth-order valence-corrected chi connectivity index (χ4v) is 3.66. The van der Waals surface area contributed by atoms with Crippen LogP contribution in [0.3, 0.4) is 0 Å². The Morgan fingerprint density at radius 2 is 2.09 bits per heavy atom. The first kappa shape index (κ1) is 23.4. The van der Waals surface area contributed by atoms with Crippen LogP contribution in [0.2, 0.25) is 0 Å². The molecule has 0 atom stereocenters. The van der Waals surface area contributed by atoms with E-state index >= 15 is 0 Å². The van der Waals surface area contributed by atoms with E-state index in [1.165, 1.54) is 18.7 Å². The lowest BCUT2D eigenvalue weighted by Gasteiger charge is -2.13. The molecule has 0 aliphatic heterocycles. The molecule has 0 fully saturated rings. The maximum absolute atomic E-state index is 13.2. The number of ether oxygens (including phenoxy) is 2. The van der Waals surface area contributed by atoms with E-state index in [9.17, 15) is 9.59 Å². The molecule has 1 aromatic heterocycles. The molecule has 0 aliphatic carbocycles. The molecule has 3 aromatic rings. The molecular weight excluding hydrogens is 474 g/mol. The van der Waals surface area contributed by atoms with Crippen molar-refractivity contribution in [3.8, 4) is 11.5 Å². The van der Waals surface area contributed by atoms with E-state index in [0.29, 0.717) is 46.6 Å². The van der Waals surface area contributed by atoms with Gasteiger partial charge in [0, 0.05) is 23.4 Å². The number of allylic oxidation sites excluding steroid dienone is 1. The predicted octanol–water partition coefficient (Wildman–Crippen LogP) is 4.66. The first-order chi connectivity index (χ1) is 15.4. The predicted molar refractivity (Wildman–Crippen MR) is 129 cm³/mol. The number of esters is 1. The minimum absolute atomic E-state index is 0.245. The number of nitrogens with zero attached hydrogens (tertiary/aromatic N) is 3. The lowest BCUT2D eigenvalue weighted by Crippen LogP contribution is -2.22. The summed E-state index contributed by atoms with van der Waals surface area (Å²) in [5, 5.41) is 4.93. The number of carbonyl (C=O) groups is 1. The second-order valence-corrected chi connectivity index (χ2v) is 8.01. The number of aryl methyl sites for hydroxylation is 1. The maximum Gasteiger partial charge on any atom is 0.308 e. The highest BCUT2D eigenvalue weighted by molar-refractivity contribution is 9.10. The van der Waals surface area contributed by atoms with Gasteiger partial charge in [-0.3, -0.25) is 9.59 Å². The summed E-state index contributed by atoms with van der Waals surface area (Å²) in [6.07, 6.45) is 5.16. The third kappa shape index (κ3) is 5.13. The van der Waals surface area contributed by atoms with Gasteiger partial charge in [-0.25, -0.2) is 4.98 Å². The molecule has 0 unspecified atom stereocenters. The average molecular weight is 498 g/mol. The lowest BCUT2D eigenvalue weighted by molar-refractivity contribution is -0.132. The second-order valence-electron chi connectivity index (χ2n) is 7.10. The molecule has 0 amide bonds. The summed E-state index contributed by atoms with van der Waals surface area (Å²) in [5.41, 5.74) is 1.79. The number of rotatable bonds is 8. The van der Waals surface area contributed by atoms with Crippen LogP contribution in [-0.4, -0.2) is 29.0 Å². The van der Waals surface area contributed by atoms with Gasteiger partial charge in [0.1, 0.15) is 5.82 Å². The van der Waals surface area contributed by atoms with Gasteiger partial charge in [-0.1, -0.05) is 28.9 Å². The van der Waals surface area contributed by atoms with Crippen molar-refractivity contribution in [1.29, 1.82) is 0 Å². The second kappa shape index (κ2) is 10.4. The van der Waals surface area contributed by atoms with Crippen molar-refractivity contribution in [2.45, 2.75) is 33.1 Å². The van der Waals surface area contributed by atoms with Gasteiger partial charge in [-0.2, -0.15) is 9.78 Å². The van der Waals surface area contributed by atoms with E-state index in [4.69, 9.17) is 9.47 Å². The Balaban J connectivity index is 2.13. The minimum atomic E-state index is -0.445. The van der Waals surface area contributed by atoms with E-state index < -0.39 is 5.97 Å². The summed E-state index contributed by atoms with van der Waals surface area (Å²) in [7, 11) is 1.50. The van der Waals surface area contributed by atoms with Gasteiger partial charge in [0.2, 0.25) is 0 Å². The molecule has 3 rings (SSSR count). The Hall–Kier alpha value is -3.26. The zero-order valence-corrected chi connectivity index (χ0v) is 19.8. The highest BCUT2D eigenvalue weighted by atomic mass is 79.9. The number of halogens is 1. The fourth-order valence-electron chi connectivity index (χ4n) is 3.30. The van der Waals surface area contributed by atoms with Crippen LogP contribution in [0.25, 0.3) is 10.9 Å². The third-order valence-electron chi connectivity index (χ3n) is 4.66. The lowest BCUT2D eigenvalue weighted by atomic mass is 10.1. The Labute approximate surface area is 194 Å². The molecule has 8 heteroatoms. The summed E-state index contributed by atoms with van der Waals surface area (Å²) in [6, 6.07) is 8.93. The number of benzene rings is 2. The van der Waals surface area contributed by atoms with E-state index in [0.717, 1.165) is 16.5 Å². The number of hydrogen-bond donors (Lipinski definition) is 0. The Morgan fingerprint density at radius 1 is 1.31 bits per heavy atom. The van der Waals surface area contributed by atoms with E-state index in [1.54, 1.807) is 24.4 Å². The van der Waals surface area contributed by atoms with Crippen molar-refractivity contribution in [3.63, 3.8) is 0 Å². The van der Waals surface area contributed by atoms with Gasteiger partial charge in [-0.05, 0) is 48.7 Å². The van der Waals surface area contributed by atoms with Crippen LogP contribution < -0.4 is 15.0 Å². The molecule has 0 radical (unpaired) electrons. The molecule has 7 nitrogen and oxygen atoms in total. The molecule has 0 bridgehead atoms. The largest absolute Gasteiger partial charge is 0.493 e. The molecule has 0 aliphatic rings. The van der Waals surface area contributed by atoms with E-state index in [-0.39, 0.29) is 5.56 Å². The van der Waals surface area contributed by atoms with E-state index in [1.807, 2.05) is 25.1 Å². The third-order valence-corrected chi connectivity index (χ3v) is 5.15. The Morgan fingerprint density at radius 3 is 2.75 bits per heavy atom. The summed E-state index contributed by atoms with van der Waals surface area (Å²) in [6.45, 7) is 7.11. The number of aromatic nitrogens is 2. The number of methoxy groups -OCH3 is 1. The smallest absolute Gasteiger partial charge is 0.308 e. The summed E-state index contributed by atoms with van der Waals surface area (Å²) in [4.78, 5) is 29.3. The van der Waals surface area contributed by atoms with Gasteiger partial charge in [0.15, 0.2) is 11.5 Å². The normalized spacial score (nSPS) is 11.1. The average Bonchev–Trinajstić information content (AvgIpc) is 2.75. The molecule has 0 N–H and O–H groups in total. The Kier molecular flexibility index (Phi) is 7.58. The van der Waals surface area contributed by atoms with Crippen molar-refractivity contribution >= 4 is 39.0 Å². The van der Waals surface area contributed by atoms with Crippen LogP contribution in [-0.2, 0) is 17.6 Å². The van der Waals surface area contributed by atoms with Gasteiger partial charge < -0.3 is 9.47 Å². The van der Waals surface area contributed by atoms with Gasteiger partial charge in [0.25, 0.3) is 5.56 Å². The van der Waals surface area contributed by atoms with Crippen molar-refractivity contribution in [2.24, 2.45) is 5.10 Å². The van der Waals surface area contributed by atoms with Crippen LogP contribution >= 0.6 is 15.9 Å². The minimum Gasteiger partial charge on any atom is -0.493 e. The maximum atomic E-state index is 13.2. The monoisotopic (exact) mass is 497 g/mol. The van der Waals surface area contributed by atoms with Crippen LogP contribution in [0, 0.1) is 0 Å². The first-order valence-electron chi connectivity index (χ1n) is 10.1. The van der Waals surface area contributed by atoms with Gasteiger partial charge >= 0.3 is 5.97 Å². The van der Waals surface area contributed by atoms with Crippen LogP contribution in [0.5, 0.6) is 11.5 Å². The van der Waals surface area contributed by atoms with Crippen LogP contribution in [0.15, 0.2) is 57.4 Å².